The van der Waals surface area contributed by atoms with Gasteiger partial charge in [-0.1, -0.05) is 25.1 Å². The van der Waals surface area contributed by atoms with E-state index in [9.17, 15) is 9.59 Å². The first-order valence-electron chi connectivity index (χ1n) is 11.8. The second-order valence-corrected chi connectivity index (χ2v) is 9.24. The van der Waals surface area contributed by atoms with Crippen LogP contribution in [0.5, 0.6) is 0 Å². The van der Waals surface area contributed by atoms with Crippen LogP contribution in [0.1, 0.15) is 52.5 Å². The lowest BCUT2D eigenvalue weighted by molar-refractivity contribution is -1.02. The number of amides is 2. The number of carbonyl (C=O) groups excluding carboxylic acids is 2. The van der Waals surface area contributed by atoms with Gasteiger partial charge in [0.05, 0.1) is 0 Å². The molecule has 2 aliphatic heterocycles. The maximum Gasteiger partial charge on any atom is 0.281 e. The SMILES string of the molecule is CCc1ccccc1NC(=O)C[NH+]1CC[NH+]([C@@H](C)C(=O)N2[C@@H](C)CCC[C@@H]2C)CC1. The Labute approximate surface area is 181 Å². The van der Waals surface area contributed by atoms with E-state index < -0.39 is 0 Å². The summed E-state index contributed by atoms with van der Waals surface area (Å²) in [4.78, 5) is 30.5. The molecule has 6 heteroatoms. The van der Waals surface area contributed by atoms with E-state index in [1.165, 1.54) is 21.8 Å². The maximum atomic E-state index is 13.2. The quantitative estimate of drug-likeness (QED) is 0.618. The van der Waals surface area contributed by atoms with Crippen LogP contribution in [0.4, 0.5) is 5.69 Å². The third kappa shape index (κ3) is 5.41. The number of benzene rings is 1. The van der Waals surface area contributed by atoms with Crippen LogP contribution in [0.2, 0.25) is 0 Å². The highest BCUT2D eigenvalue weighted by molar-refractivity contribution is 5.92. The normalized spacial score (nSPS) is 28.1. The van der Waals surface area contributed by atoms with E-state index in [0.29, 0.717) is 24.5 Å². The molecule has 0 spiro atoms. The van der Waals surface area contributed by atoms with E-state index >= 15 is 0 Å². The molecule has 0 saturated carbocycles. The van der Waals surface area contributed by atoms with Crippen molar-refractivity contribution in [3.8, 4) is 0 Å². The summed E-state index contributed by atoms with van der Waals surface area (Å²) in [6.45, 7) is 12.8. The van der Waals surface area contributed by atoms with Crippen molar-refractivity contribution >= 4 is 17.5 Å². The van der Waals surface area contributed by atoms with Crippen LogP contribution in [0.15, 0.2) is 24.3 Å². The molecule has 2 amide bonds. The number of piperazine rings is 1. The Bertz CT molecular complexity index is 720. The first-order chi connectivity index (χ1) is 14.4. The molecular weight excluding hydrogens is 376 g/mol. The van der Waals surface area contributed by atoms with Crippen LogP contribution in [0.3, 0.4) is 0 Å². The molecule has 3 N–H and O–H groups in total. The molecule has 0 unspecified atom stereocenters. The third-order valence-corrected chi connectivity index (χ3v) is 7.11. The second-order valence-electron chi connectivity index (χ2n) is 9.24. The number of piperidine rings is 1. The smallest absolute Gasteiger partial charge is 0.281 e. The van der Waals surface area contributed by atoms with Crippen molar-refractivity contribution in [2.75, 3.05) is 38.0 Å². The number of hydrogen-bond acceptors (Lipinski definition) is 2. The molecule has 6 nitrogen and oxygen atoms in total. The summed E-state index contributed by atoms with van der Waals surface area (Å²) in [5.74, 6) is 0.386. The minimum atomic E-state index is -0.000178. The number of carbonyl (C=O) groups is 2. The molecule has 2 fully saturated rings. The molecule has 0 aromatic heterocycles. The van der Waals surface area contributed by atoms with Crippen molar-refractivity contribution in [3.63, 3.8) is 0 Å². The van der Waals surface area contributed by atoms with Crippen molar-refractivity contribution in [2.45, 2.75) is 71.5 Å². The summed E-state index contributed by atoms with van der Waals surface area (Å²) in [5, 5.41) is 3.09. The van der Waals surface area contributed by atoms with Gasteiger partial charge in [0.25, 0.3) is 11.8 Å². The Morgan fingerprint density at radius 2 is 1.73 bits per heavy atom. The molecule has 2 saturated heterocycles. The number of quaternary nitrogens is 2. The largest absolute Gasteiger partial charge is 0.332 e. The maximum absolute atomic E-state index is 13.2. The van der Waals surface area contributed by atoms with E-state index in [2.05, 4.69) is 44.0 Å². The summed E-state index contributed by atoms with van der Waals surface area (Å²) in [7, 11) is 0. The van der Waals surface area contributed by atoms with Gasteiger partial charge < -0.3 is 20.0 Å². The summed E-state index contributed by atoms with van der Waals surface area (Å²) >= 11 is 0. The van der Waals surface area contributed by atoms with Crippen molar-refractivity contribution in [1.29, 1.82) is 0 Å². The van der Waals surface area contributed by atoms with Crippen molar-refractivity contribution in [1.82, 2.24) is 4.90 Å². The average Bonchev–Trinajstić information content (AvgIpc) is 2.74. The van der Waals surface area contributed by atoms with Crippen LogP contribution >= 0.6 is 0 Å². The summed E-state index contributed by atoms with van der Waals surface area (Å²) in [6, 6.07) is 8.72. The lowest BCUT2D eigenvalue weighted by Gasteiger charge is -2.42. The van der Waals surface area contributed by atoms with E-state index in [-0.39, 0.29) is 11.9 Å². The fourth-order valence-corrected chi connectivity index (χ4v) is 5.16. The molecule has 1 aromatic rings. The summed E-state index contributed by atoms with van der Waals surface area (Å²) in [6.07, 6.45) is 4.37. The number of nitrogens with zero attached hydrogens (tertiary/aromatic N) is 1. The van der Waals surface area contributed by atoms with Crippen LogP contribution in [-0.2, 0) is 16.0 Å². The molecule has 3 atom stereocenters. The standard InChI is InChI=1S/C24H38N4O2/c1-5-21-11-6-7-12-22(21)25-23(29)17-26-13-15-27(16-14-26)20(4)24(30)28-18(2)9-8-10-19(28)3/h6-7,11-12,18-20H,5,8-10,13-17H2,1-4H3,(H,25,29)/p+2/t18-,19-,20-/m0/s1. The van der Waals surface area contributed by atoms with Gasteiger partial charge in [-0.15, -0.1) is 0 Å². The Morgan fingerprint density at radius 1 is 1.10 bits per heavy atom. The Morgan fingerprint density at radius 3 is 2.37 bits per heavy atom. The van der Waals surface area contributed by atoms with Gasteiger partial charge >= 0.3 is 0 Å². The molecule has 2 aliphatic rings. The van der Waals surface area contributed by atoms with Gasteiger partial charge in [-0.2, -0.15) is 0 Å². The van der Waals surface area contributed by atoms with Gasteiger partial charge in [0.2, 0.25) is 0 Å². The molecular formula is C24H40N4O2+2. The monoisotopic (exact) mass is 416 g/mol. The number of likely N-dealkylation sites (tertiary alicyclic amines) is 1. The van der Waals surface area contributed by atoms with Crippen molar-refractivity contribution in [2.24, 2.45) is 0 Å². The summed E-state index contributed by atoms with van der Waals surface area (Å²) in [5.41, 5.74) is 2.10. The Hall–Kier alpha value is -1.92. The van der Waals surface area contributed by atoms with Crippen LogP contribution in [0, 0.1) is 0 Å². The molecule has 3 rings (SSSR count). The number of hydrogen-bond donors (Lipinski definition) is 3. The van der Waals surface area contributed by atoms with Gasteiger partial charge in [0.1, 0.15) is 26.2 Å². The molecule has 2 heterocycles. The topological polar surface area (TPSA) is 58.3 Å². The van der Waals surface area contributed by atoms with Crippen molar-refractivity contribution in [3.05, 3.63) is 29.8 Å². The molecule has 166 valence electrons. The van der Waals surface area contributed by atoms with Gasteiger partial charge in [0, 0.05) is 17.8 Å². The van der Waals surface area contributed by atoms with Gasteiger partial charge in [0.15, 0.2) is 12.6 Å². The molecule has 0 bridgehead atoms. The number of anilines is 1. The third-order valence-electron chi connectivity index (χ3n) is 7.11. The number of nitrogens with one attached hydrogen (secondary N) is 3. The zero-order chi connectivity index (χ0) is 21.7. The van der Waals surface area contributed by atoms with Crippen LogP contribution in [-0.4, -0.2) is 67.6 Å². The second kappa shape index (κ2) is 10.4. The highest BCUT2D eigenvalue weighted by atomic mass is 16.2. The first kappa shape index (κ1) is 22.8. The molecule has 30 heavy (non-hydrogen) atoms. The summed E-state index contributed by atoms with van der Waals surface area (Å²) < 4.78 is 0. The Balaban J connectivity index is 1.48. The lowest BCUT2D eigenvalue weighted by atomic mass is 9.96. The highest BCUT2D eigenvalue weighted by Gasteiger charge is 2.38. The highest BCUT2D eigenvalue weighted by Crippen LogP contribution is 2.22. The van der Waals surface area contributed by atoms with E-state index in [4.69, 9.17) is 0 Å². The minimum Gasteiger partial charge on any atom is -0.332 e. The van der Waals surface area contributed by atoms with E-state index in [0.717, 1.165) is 51.1 Å². The Kier molecular flexibility index (Phi) is 7.89. The zero-order valence-corrected chi connectivity index (χ0v) is 19.2. The fraction of sp³-hybridized carbons (Fsp3) is 0.667. The predicted molar refractivity (Wildman–Crippen MR) is 120 cm³/mol. The van der Waals surface area contributed by atoms with Gasteiger partial charge in [-0.25, -0.2) is 0 Å². The molecule has 0 aliphatic carbocycles. The average molecular weight is 417 g/mol. The zero-order valence-electron chi connectivity index (χ0n) is 19.2. The number of rotatable bonds is 6. The molecule has 1 aromatic carbocycles. The van der Waals surface area contributed by atoms with Crippen molar-refractivity contribution < 1.29 is 19.4 Å². The first-order valence-corrected chi connectivity index (χ1v) is 11.8. The predicted octanol–water partition coefficient (Wildman–Crippen LogP) is 0.149. The van der Waals surface area contributed by atoms with E-state index in [1.54, 1.807) is 0 Å². The van der Waals surface area contributed by atoms with Crippen LogP contribution in [0.25, 0.3) is 0 Å². The van der Waals surface area contributed by atoms with Gasteiger partial charge in [-0.05, 0) is 58.1 Å². The van der Waals surface area contributed by atoms with Gasteiger partial charge in [-0.3, -0.25) is 9.59 Å². The molecule has 0 radical (unpaired) electrons. The fourth-order valence-electron chi connectivity index (χ4n) is 5.16. The van der Waals surface area contributed by atoms with Crippen LogP contribution < -0.4 is 15.1 Å². The number of aryl methyl sites for hydroxylation is 1. The van der Waals surface area contributed by atoms with E-state index in [1.807, 2.05) is 18.2 Å². The minimum absolute atomic E-state index is 0.000178. The number of para-hydroxylation sites is 1. The lowest BCUT2D eigenvalue weighted by Crippen LogP contribution is -3.30.